The van der Waals surface area contributed by atoms with E-state index in [1.54, 1.807) is 0 Å². The van der Waals surface area contributed by atoms with E-state index in [2.05, 4.69) is 9.97 Å². The van der Waals surface area contributed by atoms with Crippen LogP contribution in [0.5, 0.6) is 6.01 Å². The van der Waals surface area contributed by atoms with E-state index < -0.39 is 11.9 Å². The first-order valence-electron chi connectivity index (χ1n) is 5.00. The third-order valence-electron chi connectivity index (χ3n) is 2.40. The minimum atomic E-state index is -4.51. The summed E-state index contributed by atoms with van der Waals surface area (Å²) in [7, 11) is 0. The fraction of sp³-hybridized carbons (Fsp3) is 0.500. The van der Waals surface area contributed by atoms with Crippen LogP contribution in [0.15, 0.2) is 12.3 Å². The zero-order valence-corrected chi connectivity index (χ0v) is 8.70. The molecule has 1 fully saturated rings. The third kappa shape index (κ3) is 2.92. The van der Waals surface area contributed by atoms with E-state index in [4.69, 9.17) is 4.74 Å². The number of Topliss-reactive ketones (excluding diaryl/α,β-unsaturated/α-hetero) is 1. The molecule has 7 heteroatoms. The Bertz CT molecular complexity index is 426. The molecule has 0 unspecified atom stereocenters. The number of ether oxygens (including phenoxy) is 1. The fourth-order valence-corrected chi connectivity index (χ4v) is 1.46. The van der Waals surface area contributed by atoms with Crippen LogP contribution in [0.1, 0.15) is 18.5 Å². The van der Waals surface area contributed by atoms with Crippen molar-refractivity contribution in [3.05, 3.63) is 18.0 Å². The predicted molar refractivity (Wildman–Crippen MR) is 50.3 cm³/mol. The van der Waals surface area contributed by atoms with Gasteiger partial charge >= 0.3 is 12.2 Å². The number of ketones is 1. The highest BCUT2D eigenvalue weighted by Gasteiger charge is 2.33. The van der Waals surface area contributed by atoms with Crippen molar-refractivity contribution in [1.29, 1.82) is 0 Å². The Balaban J connectivity index is 1.94. The normalized spacial score (nSPS) is 16.8. The van der Waals surface area contributed by atoms with Gasteiger partial charge in [-0.1, -0.05) is 0 Å². The summed E-state index contributed by atoms with van der Waals surface area (Å²) in [5.74, 6) is 0.212. The molecule has 1 aliphatic carbocycles. The molecule has 4 nitrogen and oxygen atoms in total. The molecule has 0 aliphatic heterocycles. The van der Waals surface area contributed by atoms with Gasteiger partial charge in [-0.05, 0) is 6.07 Å². The number of rotatable bonds is 3. The molecule has 0 N–H and O–H groups in total. The number of aromatic nitrogens is 2. The Labute approximate surface area is 94.8 Å². The standard InChI is InChI=1S/C10H9F3N2O2/c11-10(12,13)8-1-2-14-9(15-8)17-5-6-3-7(16)4-6/h1-2,6H,3-5H2. The van der Waals surface area contributed by atoms with Crippen LogP contribution in [0, 0.1) is 5.92 Å². The fourth-order valence-electron chi connectivity index (χ4n) is 1.46. The van der Waals surface area contributed by atoms with E-state index in [0.717, 1.165) is 12.3 Å². The zero-order chi connectivity index (χ0) is 12.5. The maximum atomic E-state index is 12.3. The highest BCUT2D eigenvalue weighted by Crippen LogP contribution is 2.28. The van der Waals surface area contributed by atoms with E-state index in [9.17, 15) is 18.0 Å². The van der Waals surface area contributed by atoms with Crippen molar-refractivity contribution in [1.82, 2.24) is 9.97 Å². The van der Waals surface area contributed by atoms with Gasteiger partial charge in [-0.2, -0.15) is 18.2 Å². The average molecular weight is 246 g/mol. The summed E-state index contributed by atoms with van der Waals surface area (Å²) < 4.78 is 41.9. The first-order chi connectivity index (χ1) is 7.95. The molecule has 0 radical (unpaired) electrons. The van der Waals surface area contributed by atoms with Crippen LogP contribution in [0.4, 0.5) is 13.2 Å². The number of nitrogens with zero attached hydrogens (tertiary/aromatic N) is 2. The summed E-state index contributed by atoms with van der Waals surface area (Å²) in [5.41, 5.74) is -1.04. The minimum Gasteiger partial charge on any atom is -0.463 e. The summed E-state index contributed by atoms with van der Waals surface area (Å²) >= 11 is 0. The monoisotopic (exact) mass is 246 g/mol. The summed E-state index contributed by atoms with van der Waals surface area (Å²) in [6.45, 7) is 0.174. The van der Waals surface area contributed by atoms with Crippen LogP contribution in [0.25, 0.3) is 0 Å². The molecule has 0 spiro atoms. The van der Waals surface area contributed by atoms with Crippen molar-refractivity contribution < 1.29 is 22.7 Å². The SMILES string of the molecule is O=C1CC(COc2nccc(C(F)(F)F)n2)C1. The quantitative estimate of drug-likeness (QED) is 0.816. The largest absolute Gasteiger partial charge is 0.463 e. The van der Waals surface area contributed by atoms with Crippen molar-refractivity contribution in [3.8, 4) is 6.01 Å². The summed E-state index contributed by atoms with van der Waals surface area (Å²) in [6.07, 6.45) is -2.68. The topological polar surface area (TPSA) is 52.1 Å². The molecule has 2 rings (SSSR count). The highest BCUT2D eigenvalue weighted by atomic mass is 19.4. The lowest BCUT2D eigenvalue weighted by Gasteiger charge is -2.23. The smallest absolute Gasteiger partial charge is 0.433 e. The van der Waals surface area contributed by atoms with E-state index >= 15 is 0 Å². The number of hydrogen-bond donors (Lipinski definition) is 0. The first-order valence-corrected chi connectivity index (χ1v) is 5.00. The zero-order valence-electron chi connectivity index (χ0n) is 8.70. The summed E-state index contributed by atoms with van der Waals surface area (Å²) in [5, 5.41) is 0. The van der Waals surface area contributed by atoms with Gasteiger partial charge < -0.3 is 4.74 Å². The van der Waals surface area contributed by atoms with Crippen molar-refractivity contribution in [3.63, 3.8) is 0 Å². The van der Waals surface area contributed by atoms with Gasteiger partial charge in [0.25, 0.3) is 0 Å². The van der Waals surface area contributed by atoms with Gasteiger partial charge in [0.05, 0.1) is 6.61 Å². The molecule has 0 saturated heterocycles. The van der Waals surface area contributed by atoms with Gasteiger partial charge in [-0.3, -0.25) is 4.79 Å². The Kier molecular flexibility index (Phi) is 2.99. The molecule has 1 heterocycles. The van der Waals surface area contributed by atoms with Crippen molar-refractivity contribution in [2.24, 2.45) is 5.92 Å². The van der Waals surface area contributed by atoms with Crippen molar-refractivity contribution in [2.75, 3.05) is 6.61 Å². The van der Waals surface area contributed by atoms with Crippen molar-refractivity contribution in [2.45, 2.75) is 19.0 Å². The maximum Gasteiger partial charge on any atom is 0.433 e. The van der Waals surface area contributed by atoms with Gasteiger partial charge in [-0.15, -0.1) is 0 Å². The molecule has 1 aliphatic rings. The number of hydrogen-bond acceptors (Lipinski definition) is 4. The minimum absolute atomic E-state index is 0.0700. The molecule has 17 heavy (non-hydrogen) atoms. The lowest BCUT2D eigenvalue weighted by Crippen LogP contribution is -2.28. The molecule has 1 aromatic heterocycles. The Morgan fingerprint density at radius 1 is 1.41 bits per heavy atom. The molecular formula is C10H9F3N2O2. The van der Waals surface area contributed by atoms with Crippen LogP contribution in [-0.2, 0) is 11.0 Å². The number of carbonyl (C=O) groups excluding carboxylic acids is 1. The summed E-state index contributed by atoms with van der Waals surface area (Å²) in [6, 6.07) is 0.471. The lowest BCUT2D eigenvalue weighted by molar-refractivity contribution is -0.141. The van der Waals surface area contributed by atoms with E-state index in [0.29, 0.717) is 12.8 Å². The van der Waals surface area contributed by atoms with Crippen LogP contribution in [0.2, 0.25) is 0 Å². The molecule has 0 amide bonds. The number of carbonyl (C=O) groups is 1. The van der Waals surface area contributed by atoms with Crippen LogP contribution in [-0.4, -0.2) is 22.4 Å². The van der Waals surface area contributed by atoms with Crippen molar-refractivity contribution >= 4 is 5.78 Å². The molecule has 0 atom stereocenters. The van der Waals surface area contributed by atoms with Crippen LogP contribution >= 0.6 is 0 Å². The second kappa shape index (κ2) is 4.31. The van der Waals surface area contributed by atoms with Gasteiger partial charge in [-0.25, -0.2) is 4.98 Å². The third-order valence-corrected chi connectivity index (χ3v) is 2.40. The van der Waals surface area contributed by atoms with E-state index in [1.807, 2.05) is 0 Å². The Morgan fingerprint density at radius 2 is 2.12 bits per heavy atom. The predicted octanol–water partition coefficient (Wildman–Crippen LogP) is 1.85. The first kappa shape index (κ1) is 11.8. The van der Waals surface area contributed by atoms with Crippen LogP contribution in [0.3, 0.4) is 0 Å². The van der Waals surface area contributed by atoms with Gasteiger partial charge in [0, 0.05) is 25.0 Å². The second-order valence-electron chi connectivity index (χ2n) is 3.85. The van der Waals surface area contributed by atoms with Gasteiger partial charge in [0.2, 0.25) is 0 Å². The molecule has 92 valence electrons. The van der Waals surface area contributed by atoms with Crippen LogP contribution < -0.4 is 4.74 Å². The highest BCUT2D eigenvalue weighted by molar-refractivity contribution is 5.84. The Morgan fingerprint density at radius 3 is 2.71 bits per heavy atom. The van der Waals surface area contributed by atoms with Gasteiger partial charge in [0.15, 0.2) is 5.69 Å². The van der Waals surface area contributed by atoms with E-state index in [-0.39, 0.29) is 24.3 Å². The molecule has 0 bridgehead atoms. The second-order valence-corrected chi connectivity index (χ2v) is 3.85. The maximum absolute atomic E-state index is 12.3. The Hall–Kier alpha value is -1.66. The number of halogens is 3. The molecular weight excluding hydrogens is 237 g/mol. The van der Waals surface area contributed by atoms with Gasteiger partial charge in [0.1, 0.15) is 5.78 Å². The average Bonchev–Trinajstić information content (AvgIpc) is 2.22. The molecule has 0 aromatic carbocycles. The lowest BCUT2D eigenvalue weighted by atomic mass is 9.85. The number of alkyl halides is 3. The molecule has 1 aromatic rings. The molecule has 1 saturated carbocycles. The van der Waals surface area contributed by atoms with E-state index in [1.165, 1.54) is 0 Å². The summed E-state index contributed by atoms with van der Waals surface area (Å²) in [4.78, 5) is 17.5.